The van der Waals surface area contributed by atoms with Gasteiger partial charge < -0.3 is 19.5 Å². The monoisotopic (exact) mass is 188 g/mol. The fourth-order valence-corrected chi connectivity index (χ4v) is 1.82. The number of fused-ring (bicyclic) bond motifs is 3. The van der Waals surface area contributed by atoms with Crippen molar-refractivity contribution in [3.63, 3.8) is 0 Å². The third kappa shape index (κ3) is 3.20. The summed E-state index contributed by atoms with van der Waals surface area (Å²) in [6.45, 7) is 8.20. The Bertz CT molecular complexity index is 170. The Morgan fingerprint density at radius 3 is 1.77 bits per heavy atom. The molecule has 0 radical (unpaired) electrons. The van der Waals surface area contributed by atoms with E-state index in [4.69, 9.17) is 15.0 Å². The Morgan fingerprint density at radius 1 is 1.31 bits per heavy atom. The molecule has 76 valence electrons. The summed E-state index contributed by atoms with van der Waals surface area (Å²) in [4.78, 5) is 11.0. The average molecular weight is 188 g/mol. The molecule has 1 N–H and O–H groups in total. The summed E-state index contributed by atoms with van der Waals surface area (Å²) >= 11 is 0. The highest BCUT2D eigenvalue weighted by molar-refractivity contribution is 5.50. The highest BCUT2D eigenvalue weighted by Crippen LogP contribution is 2.15. The molecule has 0 aromatic heterocycles. The number of rotatable bonds is 0. The minimum atomic E-state index is -2.08. The number of piperazine rings is 3. The van der Waals surface area contributed by atoms with E-state index in [0.717, 1.165) is 0 Å². The summed E-state index contributed by atoms with van der Waals surface area (Å²) in [6, 6.07) is 0. The van der Waals surface area contributed by atoms with Crippen LogP contribution in [0.4, 0.5) is 4.79 Å². The van der Waals surface area contributed by atoms with Crippen molar-refractivity contribution >= 4 is 6.16 Å². The number of nitrogens with zero attached hydrogens (tertiary/aromatic N) is 2. The van der Waals surface area contributed by atoms with Crippen molar-refractivity contribution < 1.29 is 19.5 Å². The van der Waals surface area contributed by atoms with E-state index in [1.165, 1.54) is 43.8 Å². The maximum atomic E-state index is 8.44. The molecule has 5 nitrogen and oxygen atoms in total. The zero-order valence-electron chi connectivity index (χ0n) is 7.90. The second kappa shape index (κ2) is 3.93. The van der Waals surface area contributed by atoms with E-state index in [1.54, 1.807) is 0 Å². The average Bonchev–Trinajstić information content (AvgIpc) is 2.04. The second-order valence-corrected chi connectivity index (χ2v) is 3.90. The lowest BCUT2D eigenvalue weighted by Gasteiger charge is -2.48. The second-order valence-electron chi connectivity index (χ2n) is 3.90. The molecule has 3 saturated heterocycles. The van der Waals surface area contributed by atoms with Crippen LogP contribution in [0.3, 0.4) is 0 Å². The van der Waals surface area contributed by atoms with Gasteiger partial charge in [0.15, 0.2) is 0 Å². The molecule has 0 spiro atoms. The van der Waals surface area contributed by atoms with Crippen LogP contribution >= 0.6 is 0 Å². The molecule has 3 fully saturated rings. The molecular weight excluding hydrogens is 172 g/mol. The number of carbonyl (C=O) groups is 1. The zero-order valence-corrected chi connectivity index (χ0v) is 7.90. The summed E-state index contributed by atoms with van der Waals surface area (Å²) in [5, 5.41) is 15.3. The Kier molecular flexibility index (Phi) is 3.11. The van der Waals surface area contributed by atoms with Crippen molar-refractivity contribution in [3.05, 3.63) is 0 Å². The van der Waals surface area contributed by atoms with Gasteiger partial charge in [-0.05, 0) is 0 Å². The molecule has 3 rings (SSSR count). The molecule has 13 heavy (non-hydrogen) atoms. The van der Waals surface area contributed by atoms with E-state index in [2.05, 4.69) is 11.9 Å². The lowest BCUT2D eigenvalue weighted by Crippen LogP contribution is -2.65. The molecule has 0 aromatic carbocycles. The van der Waals surface area contributed by atoms with E-state index in [0.29, 0.717) is 0 Å². The van der Waals surface area contributed by atoms with Crippen LogP contribution in [-0.4, -0.2) is 67.0 Å². The molecule has 0 aliphatic carbocycles. The number of hydrogen-bond donors (Lipinski definition) is 1. The van der Waals surface area contributed by atoms with Crippen molar-refractivity contribution in [1.29, 1.82) is 0 Å². The predicted molar refractivity (Wildman–Crippen MR) is 45.3 cm³/mol. The third-order valence-electron chi connectivity index (χ3n) is 2.87. The Labute approximate surface area is 77.8 Å². The van der Waals surface area contributed by atoms with Gasteiger partial charge in [-0.2, -0.15) is 0 Å². The summed E-state index contributed by atoms with van der Waals surface area (Å²) < 4.78 is 1.34. The summed E-state index contributed by atoms with van der Waals surface area (Å²) in [5.41, 5.74) is 0. The van der Waals surface area contributed by atoms with Gasteiger partial charge in [-0.3, -0.25) is 4.90 Å². The first-order chi connectivity index (χ1) is 6.02. The van der Waals surface area contributed by atoms with Gasteiger partial charge in [-0.1, -0.05) is 0 Å². The first-order valence-corrected chi connectivity index (χ1v) is 4.48. The summed E-state index contributed by atoms with van der Waals surface area (Å²) in [5.74, 6) is 0. The van der Waals surface area contributed by atoms with Gasteiger partial charge in [0, 0.05) is 19.6 Å². The Hall–Kier alpha value is -0.810. The van der Waals surface area contributed by atoms with Gasteiger partial charge in [-0.15, -0.1) is 0 Å². The van der Waals surface area contributed by atoms with Crippen LogP contribution in [0.1, 0.15) is 0 Å². The highest BCUT2D eigenvalue weighted by Gasteiger charge is 2.34. The van der Waals surface area contributed by atoms with Crippen molar-refractivity contribution in [2.75, 3.05) is 46.3 Å². The van der Waals surface area contributed by atoms with Gasteiger partial charge in [0.2, 0.25) is 6.16 Å². The highest BCUT2D eigenvalue weighted by atomic mass is 16.6. The summed E-state index contributed by atoms with van der Waals surface area (Å²) in [7, 11) is 2.39. The van der Waals surface area contributed by atoms with E-state index < -0.39 is 6.16 Å². The normalized spacial score (nSPS) is 36.2. The van der Waals surface area contributed by atoms with Crippen LogP contribution in [0.5, 0.6) is 0 Å². The predicted octanol–water partition coefficient (Wildman–Crippen LogP) is -1.35. The van der Waals surface area contributed by atoms with Crippen molar-refractivity contribution in [1.82, 2.24) is 4.90 Å². The summed E-state index contributed by atoms with van der Waals surface area (Å²) in [6.07, 6.45) is -2.08. The van der Waals surface area contributed by atoms with Crippen molar-refractivity contribution in [2.45, 2.75) is 0 Å². The Balaban J connectivity index is 0.000000184. The topological polar surface area (TPSA) is 63.6 Å². The van der Waals surface area contributed by atoms with Crippen LogP contribution < -0.4 is 5.11 Å². The molecule has 0 atom stereocenters. The molecule has 3 aliphatic rings. The standard InChI is InChI=1S/C7H15N2.CH2O3/c1-9-5-2-8(3-6-9)4-7-9;2-1(3)4/h2-7H2,1H3;(H2,2,3,4)/q+1;/p-1. The van der Waals surface area contributed by atoms with Crippen LogP contribution in [-0.2, 0) is 0 Å². The number of quaternary nitrogens is 1. The molecule has 0 amide bonds. The molecule has 3 heterocycles. The maximum Gasteiger partial charge on any atom is 0.249 e. The van der Waals surface area contributed by atoms with E-state index >= 15 is 0 Å². The van der Waals surface area contributed by atoms with Crippen molar-refractivity contribution in [2.24, 2.45) is 0 Å². The third-order valence-corrected chi connectivity index (χ3v) is 2.87. The van der Waals surface area contributed by atoms with Gasteiger partial charge in [0.25, 0.3) is 0 Å². The van der Waals surface area contributed by atoms with E-state index in [-0.39, 0.29) is 0 Å². The van der Waals surface area contributed by atoms with Gasteiger partial charge in [0.05, 0.1) is 26.7 Å². The molecule has 0 saturated carbocycles. The van der Waals surface area contributed by atoms with Gasteiger partial charge in [-0.25, -0.2) is 0 Å². The fraction of sp³-hybridized carbons (Fsp3) is 0.875. The molecule has 2 bridgehead atoms. The van der Waals surface area contributed by atoms with Crippen molar-refractivity contribution in [3.8, 4) is 0 Å². The zero-order chi connectivity index (χ0) is 9.90. The van der Waals surface area contributed by atoms with Crippen LogP contribution in [0.25, 0.3) is 0 Å². The largest absolute Gasteiger partial charge is 0.565 e. The van der Waals surface area contributed by atoms with E-state index in [9.17, 15) is 0 Å². The minimum Gasteiger partial charge on any atom is -0.565 e. The molecular formula is C8H16N2O3. The quantitative estimate of drug-likeness (QED) is 0.477. The first kappa shape index (κ1) is 10.3. The van der Waals surface area contributed by atoms with Gasteiger partial charge >= 0.3 is 0 Å². The van der Waals surface area contributed by atoms with E-state index in [1.807, 2.05) is 0 Å². The Morgan fingerprint density at radius 2 is 1.62 bits per heavy atom. The number of likely N-dealkylation sites (N-methyl/N-ethyl adjacent to an activating group) is 1. The van der Waals surface area contributed by atoms with Crippen LogP contribution in [0, 0.1) is 0 Å². The number of hydrogen-bond acceptors (Lipinski definition) is 3. The first-order valence-electron chi connectivity index (χ1n) is 4.48. The lowest BCUT2D eigenvalue weighted by molar-refractivity contribution is -0.922. The molecule has 0 unspecified atom stereocenters. The smallest absolute Gasteiger partial charge is 0.249 e. The minimum absolute atomic E-state index is 1.34. The van der Waals surface area contributed by atoms with Crippen LogP contribution in [0.15, 0.2) is 0 Å². The van der Waals surface area contributed by atoms with Crippen LogP contribution in [0.2, 0.25) is 0 Å². The fourth-order valence-electron chi connectivity index (χ4n) is 1.82. The molecule has 0 aromatic rings. The lowest BCUT2D eigenvalue weighted by atomic mass is 10.2. The molecule has 3 aliphatic heterocycles. The maximum absolute atomic E-state index is 8.44. The number of carboxylic acid groups (broad SMARTS) is 2. The van der Waals surface area contributed by atoms with Gasteiger partial charge in [0.1, 0.15) is 0 Å². The SMILES string of the molecule is C[N+]12CCN(CC1)CC2.O=C([O-])O. The molecule has 5 heteroatoms.